The Hall–Kier alpha value is -1.14. The second-order valence-corrected chi connectivity index (χ2v) is 5.92. The molecule has 96 valence electrons. The quantitative estimate of drug-likeness (QED) is 0.904. The number of rotatable bonds is 4. The summed E-state index contributed by atoms with van der Waals surface area (Å²) in [6, 6.07) is 0. The highest BCUT2D eigenvalue weighted by Gasteiger charge is 2.08. The van der Waals surface area contributed by atoms with E-state index >= 15 is 0 Å². The maximum absolute atomic E-state index is 5.79. The highest BCUT2D eigenvalue weighted by Crippen LogP contribution is 2.28. The van der Waals surface area contributed by atoms with Gasteiger partial charge >= 0.3 is 0 Å². The second-order valence-electron chi connectivity index (χ2n) is 3.93. The second kappa shape index (κ2) is 5.67. The van der Waals surface area contributed by atoms with Crippen molar-refractivity contribution in [1.29, 1.82) is 0 Å². The Balaban J connectivity index is 2.08. The van der Waals surface area contributed by atoms with Gasteiger partial charge in [0.2, 0.25) is 0 Å². The van der Waals surface area contributed by atoms with Gasteiger partial charge in [0, 0.05) is 11.1 Å². The van der Waals surface area contributed by atoms with Gasteiger partial charge in [-0.1, -0.05) is 6.92 Å². The van der Waals surface area contributed by atoms with Gasteiger partial charge in [-0.15, -0.1) is 11.3 Å². The summed E-state index contributed by atoms with van der Waals surface area (Å²) in [7, 11) is 0. The summed E-state index contributed by atoms with van der Waals surface area (Å²) in [5, 5.41) is 4.33. The van der Waals surface area contributed by atoms with E-state index in [1.54, 1.807) is 17.5 Å². The summed E-state index contributed by atoms with van der Waals surface area (Å²) in [6.07, 6.45) is 4.63. The first-order valence-corrected chi connectivity index (χ1v) is 7.30. The van der Waals surface area contributed by atoms with Gasteiger partial charge in [0.15, 0.2) is 0 Å². The van der Waals surface area contributed by atoms with E-state index in [1.165, 1.54) is 4.88 Å². The largest absolute Gasteiger partial charge is 0.397 e. The molecule has 4 nitrogen and oxygen atoms in total. The molecule has 18 heavy (non-hydrogen) atoms. The molecule has 0 aliphatic rings. The van der Waals surface area contributed by atoms with Gasteiger partial charge in [0.1, 0.15) is 10.8 Å². The lowest BCUT2D eigenvalue weighted by Gasteiger charge is -2.09. The number of nitrogens with zero attached hydrogens (tertiary/aromatic N) is 2. The highest BCUT2D eigenvalue weighted by atomic mass is 79.9. The van der Waals surface area contributed by atoms with E-state index in [0.29, 0.717) is 12.2 Å². The van der Waals surface area contributed by atoms with E-state index in [4.69, 9.17) is 5.73 Å². The van der Waals surface area contributed by atoms with Crippen LogP contribution in [0, 0.1) is 6.92 Å². The van der Waals surface area contributed by atoms with Gasteiger partial charge < -0.3 is 11.1 Å². The SMILES string of the molecule is CCc1cnc(CNc2ncc(N)c(C)c2Br)s1. The molecule has 0 saturated carbocycles. The lowest BCUT2D eigenvalue weighted by atomic mass is 10.2. The first-order chi connectivity index (χ1) is 8.61. The molecule has 0 aliphatic heterocycles. The van der Waals surface area contributed by atoms with Crippen LogP contribution in [0.25, 0.3) is 0 Å². The molecule has 0 aliphatic carbocycles. The molecule has 0 unspecified atom stereocenters. The number of hydrogen-bond donors (Lipinski definition) is 2. The third kappa shape index (κ3) is 2.81. The van der Waals surface area contributed by atoms with Crippen molar-refractivity contribution in [1.82, 2.24) is 9.97 Å². The van der Waals surface area contributed by atoms with E-state index in [1.807, 2.05) is 13.1 Å². The fourth-order valence-electron chi connectivity index (χ4n) is 1.47. The van der Waals surface area contributed by atoms with Gasteiger partial charge in [0.25, 0.3) is 0 Å². The Labute approximate surface area is 119 Å². The van der Waals surface area contributed by atoms with Crippen molar-refractivity contribution in [2.45, 2.75) is 26.8 Å². The topological polar surface area (TPSA) is 63.8 Å². The van der Waals surface area contributed by atoms with Gasteiger partial charge in [-0.3, -0.25) is 0 Å². The molecule has 2 heterocycles. The molecule has 0 fully saturated rings. The molecule has 2 rings (SSSR count). The highest BCUT2D eigenvalue weighted by molar-refractivity contribution is 9.10. The minimum Gasteiger partial charge on any atom is -0.397 e. The van der Waals surface area contributed by atoms with Crippen LogP contribution in [0.4, 0.5) is 11.5 Å². The van der Waals surface area contributed by atoms with Gasteiger partial charge in [-0.25, -0.2) is 9.97 Å². The molecule has 0 bridgehead atoms. The van der Waals surface area contributed by atoms with Crippen molar-refractivity contribution in [2.24, 2.45) is 0 Å². The first kappa shape index (κ1) is 13.3. The third-order valence-electron chi connectivity index (χ3n) is 2.66. The van der Waals surface area contributed by atoms with Crippen LogP contribution >= 0.6 is 27.3 Å². The predicted octanol–water partition coefficient (Wildman–Crippen LogP) is 3.37. The van der Waals surface area contributed by atoms with E-state index < -0.39 is 0 Å². The summed E-state index contributed by atoms with van der Waals surface area (Å²) in [4.78, 5) is 9.93. The smallest absolute Gasteiger partial charge is 0.141 e. The van der Waals surface area contributed by atoms with Crippen LogP contribution in [0.5, 0.6) is 0 Å². The monoisotopic (exact) mass is 326 g/mol. The number of hydrogen-bond acceptors (Lipinski definition) is 5. The number of halogens is 1. The van der Waals surface area contributed by atoms with Crippen LogP contribution in [-0.2, 0) is 13.0 Å². The number of nitrogens with one attached hydrogen (secondary N) is 1. The third-order valence-corrected chi connectivity index (χ3v) is 4.77. The summed E-state index contributed by atoms with van der Waals surface area (Å²) >= 11 is 5.23. The summed E-state index contributed by atoms with van der Waals surface area (Å²) < 4.78 is 0.912. The number of thiazole rings is 1. The van der Waals surface area contributed by atoms with Crippen molar-refractivity contribution >= 4 is 38.8 Å². The van der Waals surface area contributed by atoms with Crippen LogP contribution in [0.3, 0.4) is 0 Å². The first-order valence-electron chi connectivity index (χ1n) is 5.69. The van der Waals surface area contributed by atoms with E-state index in [0.717, 1.165) is 27.3 Å². The predicted molar refractivity (Wildman–Crippen MR) is 79.9 cm³/mol. The molecular formula is C12H15BrN4S. The average molecular weight is 327 g/mol. The Bertz CT molecular complexity index is 553. The maximum atomic E-state index is 5.79. The van der Waals surface area contributed by atoms with E-state index in [2.05, 4.69) is 38.1 Å². The van der Waals surface area contributed by atoms with Crippen LogP contribution < -0.4 is 11.1 Å². The van der Waals surface area contributed by atoms with Crippen LogP contribution in [0.2, 0.25) is 0 Å². The van der Waals surface area contributed by atoms with Crippen molar-refractivity contribution in [3.05, 3.63) is 32.3 Å². The zero-order valence-corrected chi connectivity index (χ0v) is 12.7. The minimum absolute atomic E-state index is 0.680. The summed E-state index contributed by atoms with van der Waals surface area (Å²) in [5.41, 5.74) is 7.48. The normalized spacial score (nSPS) is 10.6. The Morgan fingerprint density at radius 2 is 2.17 bits per heavy atom. The lowest BCUT2D eigenvalue weighted by Crippen LogP contribution is -2.04. The molecule has 0 aromatic carbocycles. The Morgan fingerprint density at radius 1 is 1.39 bits per heavy atom. The van der Waals surface area contributed by atoms with Crippen molar-refractivity contribution in [2.75, 3.05) is 11.1 Å². The van der Waals surface area contributed by atoms with E-state index in [-0.39, 0.29) is 0 Å². The number of aryl methyl sites for hydroxylation is 1. The number of aromatic nitrogens is 2. The number of nitrogen functional groups attached to an aromatic ring is 1. The van der Waals surface area contributed by atoms with Crippen LogP contribution in [0.15, 0.2) is 16.9 Å². The number of pyridine rings is 1. The Morgan fingerprint density at radius 3 is 2.83 bits per heavy atom. The number of anilines is 2. The van der Waals surface area contributed by atoms with Crippen LogP contribution in [-0.4, -0.2) is 9.97 Å². The fourth-order valence-corrected chi connectivity index (χ4v) is 2.74. The number of nitrogens with two attached hydrogens (primary N) is 1. The minimum atomic E-state index is 0.680. The van der Waals surface area contributed by atoms with Crippen LogP contribution in [0.1, 0.15) is 22.4 Å². The fraction of sp³-hybridized carbons (Fsp3) is 0.333. The molecule has 0 atom stereocenters. The van der Waals surface area contributed by atoms with Crippen molar-refractivity contribution in [3.63, 3.8) is 0 Å². The van der Waals surface area contributed by atoms with Gasteiger partial charge in [-0.05, 0) is 34.8 Å². The maximum Gasteiger partial charge on any atom is 0.141 e. The molecule has 0 spiro atoms. The molecular weight excluding hydrogens is 312 g/mol. The molecule has 6 heteroatoms. The van der Waals surface area contributed by atoms with Crippen molar-refractivity contribution < 1.29 is 0 Å². The molecule has 2 aromatic rings. The molecule has 0 amide bonds. The molecule has 3 N–H and O–H groups in total. The Kier molecular flexibility index (Phi) is 4.19. The summed E-state index contributed by atoms with van der Waals surface area (Å²) in [6.45, 7) is 4.77. The molecule has 0 radical (unpaired) electrons. The molecule has 2 aromatic heterocycles. The zero-order valence-electron chi connectivity index (χ0n) is 10.3. The zero-order chi connectivity index (χ0) is 13.1. The average Bonchev–Trinajstić information content (AvgIpc) is 2.83. The van der Waals surface area contributed by atoms with Crippen molar-refractivity contribution in [3.8, 4) is 0 Å². The standard InChI is InChI=1S/C12H15BrN4S/c1-3-8-4-15-10(18-8)6-17-12-11(13)7(2)9(14)5-16-12/h4-5H,3,6,14H2,1-2H3,(H,16,17). The van der Waals surface area contributed by atoms with E-state index in [9.17, 15) is 0 Å². The van der Waals surface area contributed by atoms with Gasteiger partial charge in [0.05, 0.1) is 22.9 Å². The summed E-state index contributed by atoms with van der Waals surface area (Å²) in [5.74, 6) is 0.801. The molecule has 0 saturated heterocycles. The van der Waals surface area contributed by atoms with Gasteiger partial charge in [-0.2, -0.15) is 0 Å². The lowest BCUT2D eigenvalue weighted by molar-refractivity contribution is 1.07.